The van der Waals surface area contributed by atoms with Gasteiger partial charge in [0.15, 0.2) is 6.29 Å². The van der Waals surface area contributed by atoms with Crippen LogP contribution in [0.5, 0.6) is 0 Å². The number of carbonyl (C=O) groups is 1. The summed E-state index contributed by atoms with van der Waals surface area (Å²) in [5, 5.41) is 0. The molecule has 0 N–H and O–H groups in total. The van der Waals surface area contributed by atoms with Crippen molar-refractivity contribution in [3.63, 3.8) is 0 Å². The lowest BCUT2D eigenvalue weighted by molar-refractivity contribution is -0.385. The molecule has 0 aromatic heterocycles. The Labute approximate surface area is 200 Å². The highest BCUT2D eigenvalue weighted by Crippen LogP contribution is 2.36. The van der Waals surface area contributed by atoms with Crippen LogP contribution in [0.25, 0.3) is 0 Å². The van der Waals surface area contributed by atoms with Gasteiger partial charge in [-0.3, -0.25) is 0 Å². The summed E-state index contributed by atoms with van der Waals surface area (Å²) in [5.41, 5.74) is 2.01. The molecule has 0 saturated carbocycles. The van der Waals surface area contributed by atoms with Gasteiger partial charge in [-0.05, 0) is 18.1 Å². The summed E-state index contributed by atoms with van der Waals surface area (Å²) in [7, 11) is 1.56. The zero-order valence-electron chi connectivity index (χ0n) is 19.8. The maximum Gasteiger partial charge on any atom is 0.366 e. The van der Waals surface area contributed by atoms with Gasteiger partial charge in [-0.15, -0.1) is 0 Å². The Morgan fingerprint density at radius 1 is 0.971 bits per heavy atom. The fraction of sp³-hybridized carbons (Fsp3) is 0.500. The first kappa shape index (κ1) is 24.8. The first-order chi connectivity index (χ1) is 16.5. The van der Waals surface area contributed by atoms with Gasteiger partial charge in [0.2, 0.25) is 0 Å². The Kier molecular flexibility index (Phi) is 8.31. The Hall–Kier alpha value is -2.33. The summed E-state index contributed by atoms with van der Waals surface area (Å²) in [4.78, 5) is 12.6. The van der Waals surface area contributed by atoms with Gasteiger partial charge in [-0.25, -0.2) is 4.79 Å². The number of benzene rings is 2. The van der Waals surface area contributed by atoms with Gasteiger partial charge in [0, 0.05) is 14.0 Å². The first-order valence-corrected chi connectivity index (χ1v) is 11.5. The van der Waals surface area contributed by atoms with Crippen molar-refractivity contribution in [1.29, 1.82) is 0 Å². The Morgan fingerprint density at radius 2 is 1.56 bits per heavy atom. The van der Waals surface area contributed by atoms with Crippen molar-refractivity contribution in [2.24, 2.45) is 0 Å². The molecule has 184 valence electrons. The molecule has 6 atom stereocenters. The molecule has 2 aliphatic rings. The Morgan fingerprint density at radius 3 is 2.12 bits per heavy atom. The van der Waals surface area contributed by atoms with Gasteiger partial charge in [-0.1, -0.05) is 60.7 Å². The van der Waals surface area contributed by atoms with Crippen molar-refractivity contribution in [3.05, 3.63) is 71.8 Å². The highest BCUT2D eigenvalue weighted by Gasteiger charge is 2.56. The van der Waals surface area contributed by atoms with Crippen molar-refractivity contribution in [1.82, 2.24) is 0 Å². The second-order valence-corrected chi connectivity index (χ2v) is 8.36. The zero-order chi connectivity index (χ0) is 24.0. The molecule has 0 amide bonds. The van der Waals surface area contributed by atoms with Gasteiger partial charge < -0.3 is 33.2 Å². The molecule has 2 aromatic carbocycles. The van der Waals surface area contributed by atoms with Crippen LogP contribution >= 0.6 is 0 Å². The molecule has 2 aliphatic heterocycles. The number of esters is 1. The molecule has 8 nitrogen and oxygen atoms in total. The number of fused-ring (bicyclic) bond motifs is 1. The van der Waals surface area contributed by atoms with Gasteiger partial charge in [0.05, 0.1) is 26.4 Å². The lowest BCUT2D eigenvalue weighted by Crippen LogP contribution is -2.67. The van der Waals surface area contributed by atoms with E-state index in [2.05, 4.69) is 0 Å². The fourth-order valence-corrected chi connectivity index (χ4v) is 4.15. The normalized spacial score (nSPS) is 31.0. The lowest BCUT2D eigenvalue weighted by Gasteiger charge is -2.50. The van der Waals surface area contributed by atoms with Crippen LogP contribution in [0.15, 0.2) is 60.7 Å². The van der Waals surface area contributed by atoms with Crippen LogP contribution in [0, 0.1) is 0 Å². The largest absolute Gasteiger partial charge is 0.462 e. The summed E-state index contributed by atoms with van der Waals surface area (Å²) in [6, 6.07) is 19.7. The fourth-order valence-electron chi connectivity index (χ4n) is 4.15. The number of ether oxygens (including phenoxy) is 7. The van der Waals surface area contributed by atoms with E-state index in [1.165, 1.54) is 0 Å². The van der Waals surface area contributed by atoms with E-state index in [4.69, 9.17) is 33.2 Å². The van der Waals surface area contributed by atoms with E-state index in [0.717, 1.165) is 11.1 Å². The molecule has 0 aliphatic carbocycles. The maximum absolute atomic E-state index is 12.6. The van der Waals surface area contributed by atoms with Crippen LogP contribution in [0.2, 0.25) is 0 Å². The van der Waals surface area contributed by atoms with Gasteiger partial charge in [0.25, 0.3) is 5.79 Å². The van der Waals surface area contributed by atoms with E-state index in [0.29, 0.717) is 13.2 Å². The summed E-state index contributed by atoms with van der Waals surface area (Å²) in [6.45, 7) is 4.29. The van der Waals surface area contributed by atoms with E-state index >= 15 is 0 Å². The third kappa shape index (κ3) is 5.66. The quantitative estimate of drug-likeness (QED) is 0.515. The average Bonchev–Trinajstić information content (AvgIpc) is 2.87. The van der Waals surface area contributed by atoms with E-state index < -0.39 is 42.5 Å². The predicted octanol–water partition coefficient (Wildman–Crippen LogP) is 3.22. The minimum Gasteiger partial charge on any atom is -0.462 e. The molecule has 4 rings (SSSR count). The molecule has 2 saturated heterocycles. The van der Waals surface area contributed by atoms with Crippen molar-refractivity contribution in [2.75, 3.05) is 20.3 Å². The monoisotopic (exact) mass is 472 g/mol. The first-order valence-electron chi connectivity index (χ1n) is 11.5. The molecular formula is C26H32O8. The zero-order valence-corrected chi connectivity index (χ0v) is 19.8. The van der Waals surface area contributed by atoms with E-state index in [-0.39, 0.29) is 13.2 Å². The number of hydrogen-bond donors (Lipinski definition) is 0. The molecule has 2 fully saturated rings. The minimum absolute atomic E-state index is 0.121. The van der Waals surface area contributed by atoms with Gasteiger partial charge >= 0.3 is 5.97 Å². The molecule has 0 bridgehead atoms. The predicted molar refractivity (Wildman–Crippen MR) is 122 cm³/mol. The van der Waals surface area contributed by atoms with Crippen molar-refractivity contribution >= 4 is 5.97 Å². The highest BCUT2D eigenvalue weighted by atomic mass is 16.8. The molecule has 2 heterocycles. The van der Waals surface area contributed by atoms with Crippen LogP contribution in [-0.4, -0.2) is 62.8 Å². The molecule has 8 heteroatoms. The Bertz CT molecular complexity index is 908. The second kappa shape index (κ2) is 11.4. The van der Waals surface area contributed by atoms with Crippen LogP contribution < -0.4 is 0 Å². The third-order valence-corrected chi connectivity index (χ3v) is 5.92. The van der Waals surface area contributed by atoms with Crippen LogP contribution in [-0.2, 0) is 51.2 Å². The van der Waals surface area contributed by atoms with Crippen LogP contribution in [0.3, 0.4) is 0 Å². The van der Waals surface area contributed by atoms with E-state index in [1.807, 2.05) is 60.7 Å². The molecule has 2 aromatic rings. The smallest absolute Gasteiger partial charge is 0.366 e. The summed E-state index contributed by atoms with van der Waals surface area (Å²) >= 11 is 0. The Balaban J connectivity index is 1.58. The van der Waals surface area contributed by atoms with Crippen molar-refractivity contribution in [3.8, 4) is 0 Å². The average molecular weight is 473 g/mol. The lowest BCUT2D eigenvalue weighted by atomic mass is 9.96. The van der Waals surface area contributed by atoms with Gasteiger partial charge in [-0.2, -0.15) is 0 Å². The molecular weight excluding hydrogens is 440 g/mol. The minimum atomic E-state index is -1.57. The van der Waals surface area contributed by atoms with Crippen LogP contribution in [0.4, 0.5) is 0 Å². The SMILES string of the molecule is CCOC(=O)[C@@]1(C)OC[C@H]2O[C@H](OC)[C@H](OCc3ccccc3)[C@@H](OCc3ccccc3)[C@H]2O1. The van der Waals surface area contributed by atoms with Gasteiger partial charge in [0.1, 0.15) is 24.4 Å². The number of methoxy groups -OCH3 is 1. The second-order valence-electron chi connectivity index (χ2n) is 8.36. The third-order valence-electron chi connectivity index (χ3n) is 5.92. The molecule has 34 heavy (non-hydrogen) atoms. The number of rotatable bonds is 9. The van der Waals surface area contributed by atoms with E-state index in [9.17, 15) is 4.79 Å². The molecule has 0 unspecified atom stereocenters. The number of carbonyl (C=O) groups excluding carboxylic acids is 1. The van der Waals surface area contributed by atoms with Crippen molar-refractivity contribution in [2.45, 2.75) is 63.6 Å². The van der Waals surface area contributed by atoms with Crippen LogP contribution in [0.1, 0.15) is 25.0 Å². The maximum atomic E-state index is 12.6. The van der Waals surface area contributed by atoms with E-state index in [1.54, 1.807) is 21.0 Å². The summed E-state index contributed by atoms with van der Waals surface area (Å²) in [6.07, 6.45) is -3.06. The summed E-state index contributed by atoms with van der Waals surface area (Å²) in [5.74, 6) is -2.16. The summed E-state index contributed by atoms with van der Waals surface area (Å²) < 4.78 is 41.5. The van der Waals surface area contributed by atoms with Crippen molar-refractivity contribution < 1.29 is 38.0 Å². The highest BCUT2D eigenvalue weighted by molar-refractivity contribution is 5.77. The topological polar surface area (TPSA) is 81.7 Å². The molecule has 0 radical (unpaired) electrons. The number of hydrogen-bond acceptors (Lipinski definition) is 8. The molecule has 0 spiro atoms. The standard InChI is InChI=1S/C26H32O8/c1-4-29-25(27)26(2)32-17-20-21(34-26)22(30-15-18-11-7-5-8-12-18)23(24(28-3)33-20)31-16-19-13-9-6-10-14-19/h5-14,20-24H,4,15-17H2,1-3H3/t20-,21+,22+,23-,24+,26+/m1/s1.